The Hall–Kier alpha value is -1.24. The molecule has 0 spiro atoms. The number of aryl methyl sites for hydroxylation is 1. The molecule has 0 aromatic heterocycles. The first kappa shape index (κ1) is 15.8. The normalized spacial score (nSPS) is 10.4. The quantitative estimate of drug-likeness (QED) is 0.728. The van der Waals surface area contributed by atoms with Gasteiger partial charge in [0.05, 0.1) is 6.26 Å². The van der Waals surface area contributed by atoms with E-state index in [1.807, 2.05) is 0 Å². The van der Waals surface area contributed by atoms with Gasteiger partial charge in [0.1, 0.15) is 0 Å². The Labute approximate surface area is 106 Å². The average molecular weight is 234 g/mol. The Balaban J connectivity index is 0.000000770. The number of aliphatic hydroxyl groups is 1. The van der Waals surface area contributed by atoms with Crippen molar-refractivity contribution in [1.82, 2.24) is 0 Å². The SMILES string of the molecule is C=CO.CCCCc1ccc(C(C)(C)C)cc1. The Morgan fingerprint density at radius 2 is 1.65 bits per heavy atom. The fraction of sp³-hybridized carbons (Fsp3) is 0.500. The van der Waals surface area contributed by atoms with Crippen molar-refractivity contribution in [3.63, 3.8) is 0 Å². The highest BCUT2D eigenvalue weighted by atomic mass is 16.2. The number of rotatable bonds is 3. The van der Waals surface area contributed by atoms with Crippen molar-refractivity contribution in [2.75, 3.05) is 0 Å². The third-order valence-corrected chi connectivity index (χ3v) is 2.64. The number of unbranched alkanes of at least 4 members (excludes halogenated alkanes) is 1. The minimum atomic E-state index is 0.281. The smallest absolute Gasteiger partial charge is 0.0719 e. The van der Waals surface area contributed by atoms with Gasteiger partial charge in [-0.1, -0.05) is 65.0 Å². The predicted molar refractivity (Wildman–Crippen MR) is 76.6 cm³/mol. The van der Waals surface area contributed by atoms with Gasteiger partial charge in [-0.3, -0.25) is 0 Å². The summed E-state index contributed by atoms with van der Waals surface area (Å²) in [7, 11) is 0. The molecule has 0 saturated carbocycles. The number of benzene rings is 1. The molecule has 1 nitrogen and oxygen atoms in total. The standard InChI is InChI=1S/C14H22.C2H4O/c1-5-6-7-12-8-10-13(11-9-12)14(2,3)4;1-2-3/h8-11H,5-7H2,1-4H3;2-3H,1H2. The van der Waals surface area contributed by atoms with E-state index < -0.39 is 0 Å². The summed E-state index contributed by atoms with van der Waals surface area (Å²) in [6.07, 6.45) is 4.55. The summed E-state index contributed by atoms with van der Waals surface area (Å²) in [6.45, 7) is 11.9. The van der Waals surface area contributed by atoms with E-state index in [0.29, 0.717) is 0 Å². The van der Waals surface area contributed by atoms with Gasteiger partial charge in [-0.05, 0) is 29.4 Å². The van der Waals surface area contributed by atoms with Crippen molar-refractivity contribution in [3.05, 3.63) is 48.2 Å². The van der Waals surface area contributed by atoms with Crippen LogP contribution in [0.25, 0.3) is 0 Å². The van der Waals surface area contributed by atoms with Crippen molar-refractivity contribution >= 4 is 0 Å². The molecule has 0 atom stereocenters. The second-order valence-corrected chi connectivity index (χ2v) is 5.23. The lowest BCUT2D eigenvalue weighted by Crippen LogP contribution is -2.10. The third kappa shape index (κ3) is 6.83. The van der Waals surface area contributed by atoms with E-state index in [1.165, 1.54) is 30.4 Å². The van der Waals surface area contributed by atoms with Crippen LogP contribution < -0.4 is 0 Å². The summed E-state index contributed by atoms with van der Waals surface area (Å²) in [5.74, 6) is 0. The van der Waals surface area contributed by atoms with Gasteiger partial charge in [-0.15, -0.1) is 0 Å². The molecule has 96 valence electrons. The van der Waals surface area contributed by atoms with Crippen molar-refractivity contribution in [2.24, 2.45) is 0 Å². The topological polar surface area (TPSA) is 20.2 Å². The molecule has 0 unspecified atom stereocenters. The molecular formula is C16H26O. The van der Waals surface area contributed by atoms with Crippen LogP contribution in [-0.4, -0.2) is 5.11 Å². The maximum absolute atomic E-state index is 7.33. The summed E-state index contributed by atoms with van der Waals surface area (Å²) >= 11 is 0. The molecule has 1 rings (SSSR count). The zero-order valence-corrected chi connectivity index (χ0v) is 11.7. The van der Waals surface area contributed by atoms with E-state index in [1.54, 1.807) is 0 Å². The van der Waals surface area contributed by atoms with Crippen LogP contribution in [0.2, 0.25) is 0 Å². The molecule has 1 N–H and O–H groups in total. The largest absolute Gasteiger partial charge is 0.516 e. The zero-order valence-electron chi connectivity index (χ0n) is 11.7. The number of hydrogen-bond acceptors (Lipinski definition) is 1. The molecule has 0 radical (unpaired) electrons. The van der Waals surface area contributed by atoms with Crippen molar-refractivity contribution < 1.29 is 5.11 Å². The number of aliphatic hydroxyl groups excluding tert-OH is 1. The van der Waals surface area contributed by atoms with Gasteiger partial charge >= 0.3 is 0 Å². The Kier molecular flexibility index (Phi) is 7.36. The van der Waals surface area contributed by atoms with Crippen LogP contribution in [0.4, 0.5) is 0 Å². The molecule has 1 aromatic rings. The van der Waals surface area contributed by atoms with Gasteiger partial charge in [-0.2, -0.15) is 0 Å². The highest BCUT2D eigenvalue weighted by molar-refractivity contribution is 5.27. The van der Waals surface area contributed by atoms with Crippen molar-refractivity contribution in [3.8, 4) is 0 Å². The molecule has 0 saturated heterocycles. The van der Waals surface area contributed by atoms with Gasteiger partial charge in [0, 0.05) is 0 Å². The fourth-order valence-electron chi connectivity index (χ4n) is 1.55. The second-order valence-electron chi connectivity index (χ2n) is 5.23. The van der Waals surface area contributed by atoms with E-state index in [2.05, 4.69) is 58.5 Å². The lowest BCUT2D eigenvalue weighted by atomic mass is 9.86. The minimum absolute atomic E-state index is 0.281. The molecule has 0 aliphatic carbocycles. The van der Waals surface area contributed by atoms with Crippen LogP contribution in [0.3, 0.4) is 0 Å². The first-order valence-corrected chi connectivity index (χ1v) is 6.30. The van der Waals surface area contributed by atoms with Crippen LogP contribution >= 0.6 is 0 Å². The summed E-state index contributed by atoms with van der Waals surface area (Å²) in [5, 5.41) is 7.33. The predicted octanol–water partition coefficient (Wildman–Crippen LogP) is 5.01. The van der Waals surface area contributed by atoms with E-state index >= 15 is 0 Å². The van der Waals surface area contributed by atoms with Gasteiger partial charge in [0.2, 0.25) is 0 Å². The maximum atomic E-state index is 7.33. The average Bonchev–Trinajstić information content (AvgIpc) is 2.27. The lowest BCUT2D eigenvalue weighted by molar-refractivity contribution is 0.476. The zero-order chi connectivity index (χ0) is 13.3. The molecule has 1 heteroatoms. The second kappa shape index (κ2) is 7.94. The van der Waals surface area contributed by atoms with Crippen LogP contribution in [0.5, 0.6) is 0 Å². The minimum Gasteiger partial charge on any atom is -0.516 e. The van der Waals surface area contributed by atoms with E-state index in [-0.39, 0.29) is 5.41 Å². The first-order valence-electron chi connectivity index (χ1n) is 6.30. The molecule has 0 amide bonds. The molecule has 0 aliphatic rings. The summed E-state index contributed by atoms with van der Waals surface area (Å²) in [4.78, 5) is 0. The van der Waals surface area contributed by atoms with E-state index in [0.717, 1.165) is 6.26 Å². The fourth-order valence-corrected chi connectivity index (χ4v) is 1.55. The van der Waals surface area contributed by atoms with Gasteiger partial charge in [0.15, 0.2) is 0 Å². The summed E-state index contributed by atoms with van der Waals surface area (Å²) in [6, 6.07) is 9.09. The van der Waals surface area contributed by atoms with Gasteiger partial charge < -0.3 is 5.11 Å². The molecular weight excluding hydrogens is 208 g/mol. The third-order valence-electron chi connectivity index (χ3n) is 2.64. The van der Waals surface area contributed by atoms with Gasteiger partial charge in [-0.25, -0.2) is 0 Å². The molecule has 0 aliphatic heterocycles. The number of hydrogen-bond donors (Lipinski definition) is 1. The van der Waals surface area contributed by atoms with Crippen molar-refractivity contribution in [2.45, 2.75) is 52.4 Å². The van der Waals surface area contributed by atoms with Crippen LogP contribution in [-0.2, 0) is 11.8 Å². The molecule has 0 fully saturated rings. The molecule has 1 aromatic carbocycles. The summed E-state index contributed by atoms with van der Waals surface area (Å²) < 4.78 is 0. The highest BCUT2D eigenvalue weighted by Crippen LogP contribution is 2.22. The Bertz CT molecular complexity index is 303. The summed E-state index contributed by atoms with van der Waals surface area (Å²) in [5.41, 5.74) is 3.18. The molecule has 0 bridgehead atoms. The lowest BCUT2D eigenvalue weighted by Gasteiger charge is -2.19. The van der Waals surface area contributed by atoms with Crippen LogP contribution in [0.15, 0.2) is 37.1 Å². The van der Waals surface area contributed by atoms with E-state index in [4.69, 9.17) is 5.11 Å². The van der Waals surface area contributed by atoms with Crippen molar-refractivity contribution in [1.29, 1.82) is 0 Å². The van der Waals surface area contributed by atoms with Crippen LogP contribution in [0.1, 0.15) is 51.7 Å². The highest BCUT2D eigenvalue weighted by Gasteiger charge is 2.12. The van der Waals surface area contributed by atoms with E-state index in [9.17, 15) is 0 Å². The molecule has 0 heterocycles. The Morgan fingerprint density at radius 3 is 2.00 bits per heavy atom. The first-order chi connectivity index (χ1) is 7.95. The monoisotopic (exact) mass is 234 g/mol. The Morgan fingerprint density at radius 1 is 1.18 bits per heavy atom. The van der Waals surface area contributed by atoms with Crippen LogP contribution in [0, 0.1) is 0 Å². The maximum Gasteiger partial charge on any atom is 0.0719 e. The van der Waals surface area contributed by atoms with Gasteiger partial charge in [0.25, 0.3) is 0 Å². The molecule has 17 heavy (non-hydrogen) atoms.